The van der Waals surface area contributed by atoms with Crippen molar-refractivity contribution in [3.8, 4) is 0 Å². The van der Waals surface area contributed by atoms with Crippen LogP contribution in [0.15, 0.2) is 60.8 Å². The molecular weight excluding hydrogens is 895 g/mol. The molecule has 0 aromatic carbocycles. The summed E-state index contributed by atoms with van der Waals surface area (Å²) in [5, 5.41) is 56.7. The van der Waals surface area contributed by atoms with Crippen LogP contribution in [-0.4, -0.2) is 99.6 Å². The summed E-state index contributed by atoms with van der Waals surface area (Å²) in [5.74, 6) is -1.23. The van der Waals surface area contributed by atoms with Gasteiger partial charge in [0.25, 0.3) is 0 Å². The molecule has 1 aliphatic heterocycles. The zero-order valence-corrected chi connectivity index (χ0v) is 45.3. The molecule has 6 N–H and O–H groups in total. The number of nitrogens with one attached hydrogen (secondary N) is 1. The van der Waals surface area contributed by atoms with Crippen LogP contribution in [0.1, 0.15) is 245 Å². The van der Waals surface area contributed by atoms with Crippen molar-refractivity contribution in [2.24, 2.45) is 0 Å². The van der Waals surface area contributed by atoms with Crippen molar-refractivity contribution in [1.29, 1.82) is 0 Å². The molecule has 11 heteroatoms. The van der Waals surface area contributed by atoms with Crippen molar-refractivity contribution in [1.82, 2.24) is 5.32 Å². The highest BCUT2D eigenvalue weighted by Gasteiger charge is 2.47. The first-order valence-electron chi connectivity index (χ1n) is 29.1. The zero-order valence-electron chi connectivity index (χ0n) is 45.3. The molecule has 0 bridgehead atoms. The maximum absolute atomic E-state index is 13.3. The van der Waals surface area contributed by atoms with Crippen LogP contribution in [0, 0.1) is 0 Å². The number of rotatable bonds is 48. The van der Waals surface area contributed by atoms with Gasteiger partial charge in [0.05, 0.1) is 25.4 Å². The van der Waals surface area contributed by atoms with Crippen LogP contribution in [0.2, 0.25) is 0 Å². The molecule has 1 amide bonds. The number of hydrogen-bond donors (Lipinski definition) is 6. The van der Waals surface area contributed by atoms with Gasteiger partial charge in [0.15, 0.2) is 12.4 Å². The Kier molecular flexibility index (Phi) is 45.2. The first-order chi connectivity index (χ1) is 34.7. The number of carbonyl (C=O) groups is 2. The Balaban J connectivity index is 2.73. The molecule has 1 aliphatic rings. The van der Waals surface area contributed by atoms with E-state index in [0.717, 1.165) is 57.8 Å². The van der Waals surface area contributed by atoms with Crippen LogP contribution in [-0.2, 0) is 23.8 Å². The van der Waals surface area contributed by atoms with E-state index in [4.69, 9.17) is 14.2 Å². The molecule has 0 aromatic heterocycles. The molecule has 0 saturated carbocycles. The number of carbonyl (C=O) groups excluding carboxylic acids is 2. The van der Waals surface area contributed by atoms with Crippen molar-refractivity contribution in [2.75, 3.05) is 13.2 Å². The van der Waals surface area contributed by atoms with E-state index in [9.17, 15) is 35.1 Å². The van der Waals surface area contributed by atoms with E-state index in [-0.39, 0.29) is 19.4 Å². The third-order valence-corrected chi connectivity index (χ3v) is 13.5. The Labute approximate surface area is 433 Å². The smallest absolute Gasteiger partial charge is 0.306 e. The van der Waals surface area contributed by atoms with Gasteiger partial charge in [0.1, 0.15) is 24.4 Å². The number of unbranched alkanes of at least 4 members (excludes halogenated alkanes) is 29. The quantitative estimate of drug-likeness (QED) is 0.0149. The van der Waals surface area contributed by atoms with Gasteiger partial charge in [0, 0.05) is 6.42 Å². The van der Waals surface area contributed by atoms with Gasteiger partial charge in [-0.25, -0.2) is 0 Å². The number of amides is 1. The number of ether oxygens (including phenoxy) is 3. The Bertz CT molecular complexity index is 1380. The SMILES string of the molecule is CC/C=C/C=C/C=C\C=C/CCCCC(O)C(=O)NC(COC1OC(CO)C(O)C(O)C1OC(=O)CCCCCCCCCCCCCCCCCCC)C(O)/C=C/CCCCCCCCCCCCC. The van der Waals surface area contributed by atoms with Crippen LogP contribution in [0.4, 0.5) is 0 Å². The molecule has 0 aromatic rings. The fourth-order valence-electron chi connectivity index (χ4n) is 8.90. The number of allylic oxidation sites excluding steroid dienone is 9. The first kappa shape index (κ1) is 66.4. The van der Waals surface area contributed by atoms with Crippen molar-refractivity contribution in [3.63, 3.8) is 0 Å². The zero-order chi connectivity index (χ0) is 51.8. The van der Waals surface area contributed by atoms with E-state index in [1.165, 1.54) is 141 Å². The molecule has 0 radical (unpaired) electrons. The predicted octanol–water partition coefficient (Wildman–Crippen LogP) is 13.1. The van der Waals surface area contributed by atoms with Gasteiger partial charge >= 0.3 is 5.97 Å². The summed E-state index contributed by atoms with van der Waals surface area (Å²) in [5.41, 5.74) is 0. The van der Waals surface area contributed by atoms with Crippen molar-refractivity contribution in [3.05, 3.63) is 60.8 Å². The van der Waals surface area contributed by atoms with Gasteiger partial charge in [-0.15, -0.1) is 0 Å². The average Bonchev–Trinajstić information content (AvgIpc) is 3.37. The molecule has 8 atom stereocenters. The maximum Gasteiger partial charge on any atom is 0.306 e. The minimum atomic E-state index is -1.62. The first-order valence-corrected chi connectivity index (χ1v) is 29.1. The van der Waals surface area contributed by atoms with Crippen molar-refractivity contribution < 1.29 is 49.3 Å². The summed E-state index contributed by atoms with van der Waals surface area (Å²) < 4.78 is 17.6. The Morgan fingerprint density at radius 2 is 1.01 bits per heavy atom. The van der Waals surface area contributed by atoms with Gasteiger partial charge in [0.2, 0.25) is 5.91 Å². The highest BCUT2D eigenvalue weighted by molar-refractivity contribution is 5.80. The molecule has 0 spiro atoms. The number of aliphatic hydroxyl groups is 5. The van der Waals surface area contributed by atoms with Crippen molar-refractivity contribution in [2.45, 2.75) is 294 Å². The van der Waals surface area contributed by atoms with E-state index in [1.807, 2.05) is 48.6 Å². The minimum absolute atomic E-state index is 0.120. The summed E-state index contributed by atoms with van der Waals surface area (Å²) in [4.78, 5) is 26.4. The second-order valence-electron chi connectivity index (χ2n) is 20.1. The molecular formula is C60H107NO10. The normalized spacial score (nSPS) is 20.0. The monoisotopic (exact) mass is 1000 g/mol. The van der Waals surface area contributed by atoms with E-state index >= 15 is 0 Å². The minimum Gasteiger partial charge on any atom is -0.454 e. The van der Waals surface area contributed by atoms with Crippen molar-refractivity contribution >= 4 is 11.9 Å². The Morgan fingerprint density at radius 1 is 0.563 bits per heavy atom. The second-order valence-corrected chi connectivity index (χ2v) is 20.1. The van der Waals surface area contributed by atoms with Crippen LogP contribution >= 0.6 is 0 Å². The average molecular weight is 1000 g/mol. The van der Waals surface area contributed by atoms with Gasteiger partial charge in [-0.3, -0.25) is 9.59 Å². The van der Waals surface area contributed by atoms with Gasteiger partial charge < -0.3 is 45.1 Å². The lowest BCUT2D eigenvalue weighted by molar-refractivity contribution is -0.305. The lowest BCUT2D eigenvalue weighted by Crippen LogP contribution is -2.61. The third kappa shape index (κ3) is 36.9. The number of hydrogen-bond acceptors (Lipinski definition) is 10. The molecule has 1 rings (SSSR count). The van der Waals surface area contributed by atoms with E-state index < -0.39 is 67.4 Å². The molecule has 71 heavy (non-hydrogen) atoms. The third-order valence-electron chi connectivity index (χ3n) is 13.5. The summed E-state index contributed by atoms with van der Waals surface area (Å²) in [6, 6.07) is -1.04. The molecule has 8 unspecified atom stereocenters. The molecule has 0 aliphatic carbocycles. The highest BCUT2D eigenvalue weighted by Crippen LogP contribution is 2.26. The lowest BCUT2D eigenvalue weighted by atomic mass is 9.99. The van der Waals surface area contributed by atoms with Gasteiger partial charge in [-0.2, -0.15) is 0 Å². The van der Waals surface area contributed by atoms with E-state index in [1.54, 1.807) is 6.08 Å². The Hall–Kier alpha value is -2.64. The highest BCUT2D eigenvalue weighted by atomic mass is 16.7. The van der Waals surface area contributed by atoms with E-state index in [0.29, 0.717) is 12.8 Å². The van der Waals surface area contributed by atoms with Crippen LogP contribution in [0.25, 0.3) is 0 Å². The molecule has 1 saturated heterocycles. The number of esters is 1. The predicted molar refractivity (Wildman–Crippen MR) is 292 cm³/mol. The standard InChI is InChI=1S/C60H107NO10/c1-4-7-10-13-16-19-22-25-26-27-28-30-33-36-39-42-45-48-55(65)71-58-57(67)56(66)54(49-62)70-60(58)69-50-51(52(63)46-43-40-37-34-32-29-23-20-17-14-11-8-5-2)61-59(68)53(64)47-44-41-38-35-31-24-21-18-15-12-9-6-3/h9,12,15,18,21,24,31,35,43,46,51-54,56-58,60,62-64,66-67H,4-8,10-11,13-14,16-17,19-20,22-23,25-30,32-34,36-42,44-45,47-50H2,1-3H3,(H,61,68)/b12-9+,18-15+,24-21-,35-31-,46-43+. The summed E-state index contributed by atoms with van der Waals surface area (Å²) in [6.07, 6.45) is 48.4. The second kappa shape index (κ2) is 48.3. The lowest BCUT2D eigenvalue weighted by Gasteiger charge is -2.41. The van der Waals surface area contributed by atoms with Crippen LogP contribution in [0.3, 0.4) is 0 Å². The summed E-state index contributed by atoms with van der Waals surface area (Å²) in [7, 11) is 0. The van der Waals surface area contributed by atoms with Crippen LogP contribution < -0.4 is 5.32 Å². The van der Waals surface area contributed by atoms with Gasteiger partial charge in [-0.1, -0.05) is 255 Å². The largest absolute Gasteiger partial charge is 0.454 e. The topological polar surface area (TPSA) is 175 Å². The van der Waals surface area contributed by atoms with E-state index in [2.05, 4.69) is 32.2 Å². The molecule has 1 fully saturated rings. The Morgan fingerprint density at radius 3 is 1.52 bits per heavy atom. The van der Waals surface area contributed by atoms with Gasteiger partial charge in [-0.05, 0) is 44.9 Å². The number of aliphatic hydroxyl groups excluding tert-OH is 5. The molecule has 412 valence electrons. The molecule has 11 nitrogen and oxygen atoms in total. The van der Waals surface area contributed by atoms with Crippen LogP contribution in [0.5, 0.6) is 0 Å². The maximum atomic E-state index is 13.3. The fraction of sp³-hybridized carbons (Fsp3) is 0.800. The molecule has 1 heterocycles. The fourth-order valence-corrected chi connectivity index (χ4v) is 8.90. The summed E-state index contributed by atoms with van der Waals surface area (Å²) in [6.45, 7) is 5.62. The summed E-state index contributed by atoms with van der Waals surface area (Å²) >= 11 is 0.